The van der Waals surface area contributed by atoms with E-state index in [1.54, 1.807) is 0 Å². The Labute approximate surface area is 663 Å². The number of benzene rings is 18. The van der Waals surface area contributed by atoms with E-state index in [0.29, 0.717) is 0 Å². The average Bonchev–Trinajstić information content (AvgIpc) is 1.56. The highest BCUT2D eigenvalue weighted by molar-refractivity contribution is 8.17. The van der Waals surface area contributed by atoms with Gasteiger partial charge in [-0.25, -0.2) is 0 Å². The molecule has 5 aromatic heterocycles. The van der Waals surface area contributed by atoms with Crippen LogP contribution in [0.4, 0.5) is 0 Å². The monoisotopic (exact) mass is 1490 g/mol. The molecule has 114 heavy (non-hydrogen) atoms. The van der Waals surface area contributed by atoms with Gasteiger partial charge in [-0.15, -0.1) is 11.3 Å². The van der Waals surface area contributed by atoms with Gasteiger partial charge in [-0.3, -0.25) is 0 Å². The van der Waals surface area contributed by atoms with Crippen LogP contribution in [0.1, 0.15) is 0 Å². The van der Waals surface area contributed by atoms with Crippen molar-refractivity contribution in [1.82, 2.24) is 9.13 Å². The second-order valence-electron chi connectivity index (χ2n) is 30.1. The first kappa shape index (κ1) is 64.5. The van der Waals surface area contributed by atoms with Crippen LogP contribution < -0.4 is 0 Å². The molecule has 0 N–H and O–H groups in total. The van der Waals surface area contributed by atoms with Crippen molar-refractivity contribution in [3.8, 4) is 112 Å². The number of aromatic nitrogens is 2. The minimum absolute atomic E-state index is 0.847. The molecule has 0 bridgehead atoms. The molecule has 6 heteroatoms. The summed E-state index contributed by atoms with van der Waals surface area (Å²) in [6.07, 6.45) is 0. The third-order valence-electron chi connectivity index (χ3n) is 23.9. The summed E-state index contributed by atoms with van der Waals surface area (Å²) in [5.74, 6) is 0. The minimum atomic E-state index is -0.910. The number of hydrogen-bond donors (Lipinski definition) is 1. The number of hydrogen-bond acceptors (Lipinski definition) is 3. The van der Waals surface area contributed by atoms with Crippen molar-refractivity contribution >= 4 is 130 Å². The molecular formula is C108H66N2O2S2. The molecule has 1 aliphatic heterocycles. The average molecular weight is 1490 g/mol. The Morgan fingerprint density at radius 1 is 0.202 bits per heavy atom. The fourth-order valence-electron chi connectivity index (χ4n) is 18.7. The van der Waals surface area contributed by atoms with Gasteiger partial charge in [-0.2, -0.15) is 10.9 Å². The van der Waals surface area contributed by atoms with Crippen LogP contribution in [0.15, 0.2) is 418 Å². The van der Waals surface area contributed by atoms with Crippen LogP contribution >= 0.6 is 22.2 Å². The number of thiophene rings is 1. The van der Waals surface area contributed by atoms with E-state index in [1.165, 1.54) is 112 Å². The summed E-state index contributed by atoms with van der Waals surface area (Å²) in [5.41, 5.74) is 30.9. The third-order valence-corrected chi connectivity index (χ3v) is 27.6. The number of fused-ring (bicyclic) bond motifs is 18. The summed E-state index contributed by atoms with van der Waals surface area (Å²) in [5, 5.41) is 11.6. The van der Waals surface area contributed by atoms with E-state index in [2.05, 4.69) is 403 Å². The predicted molar refractivity (Wildman–Crippen MR) is 482 cm³/mol. The molecule has 0 aliphatic carbocycles. The lowest BCUT2D eigenvalue weighted by Crippen LogP contribution is -1.94. The van der Waals surface area contributed by atoms with Gasteiger partial charge in [0.05, 0.1) is 33.4 Å². The van der Waals surface area contributed by atoms with Crippen molar-refractivity contribution < 1.29 is 8.83 Å². The number of para-hydroxylation sites is 2. The van der Waals surface area contributed by atoms with Crippen molar-refractivity contribution in [3.05, 3.63) is 394 Å². The Kier molecular flexibility index (Phi) is 14.5. The van der Waals surface area contributed by atoms with Crippen molar-refractivity contribution in [1.29, 1.82) is 0 Å². The van der Waals surface area contributed by atoms with Gasteiger partial charge in [0.2, 0.25) is 0 Å². The molecule has 18 aromatic carbocycles. The van der Waals surface area contributed by atoms with Gasteiger partial charge >= 0.3 is 0 Å². The van der Waals surface area contributed by atoms with Gasteiger partial charge in [0.15, 0.2) is 11.2 Å². The maximum absolute atomic E-state index is 7.53. The zero-order chi connectivity index (χ0) is 74.6. The van der Waals surface area contributed by atoms with E-state index in [-0.39, 0.29) is 0 Å². The Bertz CT molecular complexity index is 7790. The molecule has 6 heterocycles. The number of nitrogens with zero attached hydrogens (tertiary/aromatic N) is 2. The summed E-state index contributed by atoms with van der Waals surface area (Å²) in [4.78, 5) is 4.05. The first-order chi connectivity index (χ1) is 56.5. The fourth-order valence-corrected chi connectivity index (χ4v) is 22.4. The van der Waals surface area contributed by atoms with Crippen LogP contribution in [0.5, 0.6) is 0 Å². The molecule has 1 atom stereocenters. The van der Waals surface area contributed by atoms with Crippen molar-refractivity contribution in [2.75, 3.05) is 0 Å². The van der Waals surface area contributed by atoms with Crippen LogP contribution in [0.3, 0.4) is 0 Å². The fraction of sp³-hybridized carbons (Fsp3) is 0. The summed E-state index contributed by atoms with van der Waals surface area (Å²) in [6, 6.07) is 146. The summed E-state index contributed by atoms with van der Waals surface area (Å²) < 4.78 is 22.5. The topological polar surface area (TPSA) is 36.1 Å². The maximum atomic E-state index is 7.53. The maximum Gasteiger partial charge on any atom is 0.159 e. The highest BCUT2D eigenvalue weighted by atomic mass is 32.2. The number of thiol groups is 1. The van der Waals surface area contributed by atoms with Crippen molar-refractivity contribution in [2.45, 2.75) is 14.7 Å². The highest BCUT2D eigenvalue weighted by Gasteiger charge is 2.31. The minimum Gasteiger partial charge on any atom is -0.453 e. The third kappa shape index (κ3) is 9.98. The lowest BCUT2D eigenvalue weighted by molar-refractivity contribution is 0.667. The molecule has 23 aromatic rings. The van der Waals surface area contributed by atoms with Crippen LogP contribution in [0.25, 0.3) is 219 Å². The normalized spacial score (nSPS) is 13.1. The van der Waals surface area contributed by atoms with E-state index in [1.807, 2.05) is 11.3 Å². The number of furan rings is 2. The second-order valence-corrected chi connectivity index (χ2v) is 33.3. The molecule has 4 nitrogen and oxygen atoms in total. The SMILES string of the molecule is c1ccc(-c2ccc3c(c2)c2cc(-c4ccccc4)ccc2n3-c2cccc3c2oc2c(-c4ccccc4)ccc(-c4ccc5c(c4)-c4ccccc4[SH]5c4ccc(-c5ccc6c(c5)c5cc(-c7ccccc7)ccc5n6-c5cccc6c5oc5c(-c7ccccc7)ccc(-c7cccc8sc9ccccc9c78)c56)cc4)c23)cc1. The highest BCUT2D eigenvalue weighted by Crippen LogP contribution is 2.63. The molecule has 1 aliphatic rings. The Morgan fingerprint density at radius 3 is 1.09 bits per heavy atom. The van der Waals surface area contributed by atoms with Crippen LogP contribution in [0, 0.1) is 0 Å². The van der Waals surface area contributed by atoms with Gasteiger partial charge in [0, 0.05) is 84.2 Å². The predicted octanol–water partition coefficient (Wildman–Crippen LogP) is 30.8. The smallest absolute Gasteiger partial charge is 0.159 e. The molecule has 0 spiro atoms. The molecule has 1 unspecified atom stereocenters. The zero-order valence-corrected chi connectivity index (χ0v) is 63.3. The summed E-state index contributed by atoms with van der Waals surface area (Å²) in [6.45, 7) is 0. The molecule has 532 valence electrons. The zero-order valence-electron chi connectivity index (χ0n) is 61.6. The van der Waals surface area contributed by atoms with E-state index in [0.717, 1.165) is 122 Å². The van der Waals surface area contributed by atoms with Crippen LogP contribution in [0.2, 0.25) is 0 Å². The van der Waals surface area contributed by atoms with E-state index >= 15 is 0 Å². The lowest BCUT2D eigenvalue weighted by atomic mass is 9.92. The Morgan fingerprint density at radius 2 is 0.570 bits per heavy atom. The second kappa shape index (κ2) is 25.7. The molecule has 0 fully saturated rings. The summed E-state index contributed by atoms with van der Waals surface area (Å²) >= 11 is 1.86. The quantitative estimate of drug-likeness (QED) is 0.131. The first-order valence-electron chi connectivity index (χ1n) is 39.0. The standard InChI is InChI=1S/C108H66N2O2S2/c1-6-23-66(24-7-1)72-45-56-92-87(61-72)88-62-73(67-25-8-2-9-26-67)46-57-93(88)109(92)96-38-20-36-85-103-78(52-53-79(107(103)111-105(85)96)70-29-12-4-13-30-70)76-49-60-101-91(65-76)81-33-17-19-42-100(81)114(101)77-50-43-69(44-51-77)75-48-59-95-90(64-75)89-63-74(68-27-10-3-11-28-68)47-58-94(89)110(95)97-39-21-37-86-104-83(55-54-80(108(104)112-106(86)97)71-31-14-5-15-32-71)82-35-22-41-99-102(82)84-34-16-18-40-98(84)113-99/h1-65,114H. The molecule has 0 saturated heterocycles. The van der Waals surface area contributed by atoms with E-state index < -0.39 is 10.9 Å². The largest absolute Gasteiger partial charge is 0.453 e. The molecule has 24 rings (SSSR count). The van der Waals surface area contributed by atoms with Gasteiger partial charge in [-0.1, -0.05) is 279 Å². The van der Waals surface area contributed by atoms with E-state index in [9.17, 15) is 0 Å². The molecule has 0 saturated carbocycles. The van der Waals surface area contributed by atoms with Gasteiger partial charge in [0.1, 0.15) is 11.2 Å². The number of rotatable bonds is 11. The van der Waals surface area contributed by atoms with Crippen molar-refractivity contribution in [3.63, 3.8) is 0 Å². The lowest BCUT2D eigenvalue weighted by Gasteiger charge is -2.20. The molecular weight excluding hydrogens is 1420 g/mol. The van der Waals surface area contributed by atoms with E-state index in [4.69, 9.17) is 8.83 Å². The van der Waals surface area contributed by atoms with Gasteiger partial charge < -0.3 is 18.0 Å². The first-order valence-corrected chi connectivity index (χ1v) is 41.2. The van der Waals surface area contributed by atoms with Gasteiger partial charge in [-0.05, 0) is 209 Å². The molecule has 0 radical (unpaired) electrons. The van der Waals surface area contributed by atoms with Crippen molar-refractivity contribution in [2.24, 2.45) is 0 Å². The Balaban J connectivity index is 0.625. The Hall–Kier alpha value is -14.3. The molecule has 0 amide bonds. The van der Waals surface area contributed by atoms with Crippen LogP contribution in [-0.2, 0) is 0 Å². The van der Waals surface area contributed by atoms with Crippen LogP contribution in [-0.4, -0.2) is 9.13 Å². The van der Waals surface area contributed by atoms with Gasteiger partial charge in [0.25, 0.3) is 0 Å². The summed E-state index contributed by atoms with van der Waals surface area (Å²) in [7, 11) is -0.910.